The Kier molecular flexibility index (Phi) is 46.9. The molecule has 0 spiro atoms. The van der Waals surface area contributed by atoms with Gasteiger partial charge in [-0.2, -0.15) is 0 Å². The Morgan fingerprint density at radius 3 is 0.930 bits per heavy atom. The van der Waals surface area contributed by atoms with Gasteiger partial charge in [0.1, 0.15) is 105 Å². The Balaban J connectivity index is 1.34. The SMILES string of the molecule is CC(=O)NC1C(OCCOCCOCCOCC(=O)NCCCCC(NC(=O)C(CCCCNC(=O)COCCOCCOCCOC2OC(CO)C(O)C(O)C2NC(C)=O)NC(=O)COCCOCCOCCOC2OC(CO)C(O)C(O)C2NC(C)=O)C(=O)O)OC(CO)C(O)C1O. The molecular formula is C60H107N7O33. The van der Waals surface area contributed by atoms with E-state index >= 15 is 0 Å². The van der Waals surface area contributed by atoms with Crippen LogP contribution in [-0.4, -0.2) is 374 Å². The molecule has 580 valence electrons. The van der Waals surface area contributed by atoms with Crippen molar-refractivity contribution in [3.05, 3.63) is 0 Å². The first-order valence-corrected chi connectivity index (χ1v) is 33.1. The number of nitrogens with one attached hydrogen (secondary N) is 7. The van der Waals surface area contributed by atoms with Crippen LogP contribution in [0.1, 0.15) is 59.3 Å². The number of aliphatic hydroxyl groups excluding tert-OH is 9. The molecule has 0 bridgehead atoms. The molecule has 3 saturated heterocycles. The summed E-state index contributed by atoms with van der Waals surface area (Å²) in [6.07, 6.45) is -14.4. The average Bonchev–Trinajstić information content (AvgIpc) is 0.824. The van der Waals surface area contributed by atoms with Crippen LogP contribution >= 0.6 is 0 Å². The predicted molar refractivity (Wildman–Crippen MR) is 337 cm³/mol. The summed E-state index contributed by atoms with van der Waals surface area (Å²) in [5.74, 6) is -5.18. The van der Waals surface area contributed by atoms with Crippen LogP contribution in [0.15, 0.2) is 0 Å². The largest absolute Gasteiger partial charge is 0.480 e. The number of carbonyl (C=O) groups excluding carboxylic acids is 7. The molecule has 40 nitrogen and oxygen atoms in total. The van der Waals surface area contributed by atoms with Crippen molar-refractivity contribution >= 4 is 47.3 Å². The Hall–Kier alpha value is -5.20. The molecule has 3 fully saturated rings. The van der Waals surface area contributed by atoms with E-state index in [4.69, 9.17) is 71.1 Å². The van der Waals surface area contributed by atoms with E-state index in [1.165, 1.54) is 20.8 Å². The number of hydrogen-bond donors (Lipinski definition) is 17. The smallest absolute Gasteiger partial charge is 0.326 e. The maximum Gasteiger partial charge on any atom is 0.326 e. The minimum atomic E-state index is -1.47. The molecule has 0 saturated carbocycles. The Labute approximate surface area is 578 Å². The van der Waals surface area contributed by atoms with Gasteiger partial charge in [0.05, 0.1) is 139 Å². The molecule has 3 rings (SSSR count). The van der Waals surface area contributed by atoms with Crippen molar-refractivity contribution in [2.24, 2.45) is 0 Å². The highest BCUT2D eigenvalue weighted by molar-refractivity contribution is 5.90. The standard InChI is InChI=1S/C60H107N7O33/c1-36(71)63-47-53(80)50(77)41(30-68)98-58(47)95-27-24-89-15-12-86-18-21-92-33-44(74)61-10-6-4-8-39(66-46(76)35-94-23-20-88-14-17-91-26-29-97-60-49(65-38(3)73)55(82)52(79)43(32-70)100-60)56(83)67-40(57(84)85)9-5-7-11-62-45(75)34-93-22-19-87-13-16-90-25-28-96-59-48(64-37(2)72)54(81)51(78)42(31-69)99-59/h39-43,47-55,58-60,68-70,77-82H,4-35H2,1-3H3,(H,61,74)(H,62,75)(H,63,71)(H,64,72)(H,65,73)(H,66,76)(H,67,83)(H,84,85). The third-order valence-corrected chi connectivity index (χ3v) is 15.0. The van der Waals surface area contributed by atoms with Gasteiger partial charge in [-0.3, -0.25) is 33.6 Å². The van der Waals surface area contributed by atoms with Crippen LogP contribution in [-0.2, 0) is 109 Å². The van der Waals surface area contributed by atoms with Crippen molar-refractivity contribution in [2.45, 2.75) is 163 Å². The van der Waals surface area contributed by atoms with E-state index in [0.717, 1.165) is 0 Å². The molecule has 17 atom stereocenters. The number of carbonyl (C=O) groups is 8. The topological polar surface area (TPSA) is 562 Å². The third kappa shape index (κ3) is 36.3. The van der Waals surface area contributed by atoms with Crippen molar-refractivity contribution in [2.75, 3.05) is 172 Å². The molecule has 0 aromatic carbocycles. The van der Waals surface area contributed by atoms with E-state index < -0.39 is 178 Å². The van der Waals surface area contributed by atoms with Crippen molar-refractivity contribution in [1.82, 2.24) is 37.2 Å². The molecule has 0 aromatic heterocycles. The minimum Gasteiger partial charge on any atom is -0.480 e. The maximum absolute atomic E-state index is 13.6. The second-order valence-electron chi connectivity index (χ2n) is 23.0. The molecular weight excluding hydrogens is 1350 g/mol. The average molecular weight is 1450 g/mol. The molecule has 17 unspecified atom stereocenters. The van der Waals surface area contributed by atoms with E-state index in [1.807, 2.05) is 0 Å². The number of carboxylic acid groups (broad SMARTS) is 1. The van der Waals surface area contributed by atoms with Crippen LogP contribution in [0.5, 0.6) is 0 Å². The normalized spacial score (nSPS) is 25.8. The van der Waals surface area contributed by atoms with Gasteiger partial charge in [0.2, 0.25) is 41.4 Å². The first-order chi connectivity index (χ1) is 48.0. The summed E-state index contributed by atoms with van der Waals surface area (Å²) in [4.78, 5) is 98.8. The van der Waals surface area contributed by atoms with Gasteiger partial charge in [0, 0.05) is 33.9 Å². The number of unbranched alkanes of at least 4 members (excludes halogenated alkanes) is 2. The number of aliphatic carboxylic acids is 1. The monoisotopic (exact) mass is 1450 g/mol. The highest BCUT2D eigenvalue weighted by Crippen LogP contribution is 2.25. The van der Waals surface area contributed by atoms with Gasteiger partial charge in [-0.25, -0.2) is 4.79 Å². The zero-order valence-corrected chi connectivity index (χ0v) is 56.8. The lowest BCUT2D eigenvalue weighted by atomic mass is 9.97. The summed E-state index contributed by atoms with van der Waals surface area (Å²) >= 11 is 0. The first kappa shape index (κ1) is 89.0. The first-order valence-electron chi connectivity index (χ1n) is 33.1. The second kappa shape index (κ2) is 52.7. The summed E-state index contributed by atoms with van der Waals surface area (Å²) in [6.45, 7) is 2.54. The highest BCUT2D eigenvalue weighted by Gasteiger charge is 2.48. The van der Waals surface area contributed by atoms with Crippen molar-refractivity contribution in [1.29, 1.82) is 0 Å². The number of rotatable bonds is 56. The highest BCUT2D eigenvalue weighted by atomic mass is 16.7. The molecule has 0 radical (unpaired) electrons. The van der Waals surface area contributed by atoms with Gasteiger partial charge >= 0.3 is 5.97 Å². The van der Waals surface area contributed by atoms with E-state index in [1.54, 1.807) is 0 Å². The lowest BCUT2D eigenvalue weighted by Gasteiger charge is -2.42. The van der Waals surface area contributed by atoms with Crippen molar-refractivity contribution in [3.8, 4) is 0 Å². The Morgan fingerprint density at radius 2 is 0.640 bits per heavy atom. The van der Waals surface area contributed by atoms with Gasteiger partial charge in [0.25, 0.3) is 0 Å². The van der Waals surface area contributed by atoms with Crippen LogP contribution in [0.2, 0.25) is 0 Å². The summed E-state index contributed by atoms with van der Waals surface area (Å²) in [7, 11) is 0. The number of carboxylic acids is 1. The van der Waals surface area contributed by atoms with Crippen LogP contribution in [0.3, 0.4) is 0 Å². The lowest BCUT2D eigenvalue weighted by Crippen LogP contribution is -2.64. The van der Waals surface area contributed by atoms with Crippen molar-refractivity contribution < 1.29 is 160 Å². The van der Waals surface area contributed by atoms with Gasteiger partial charge < -0.3 is 159 Å². The van der Waals surface area contributed by atoms with Crippen LogP contribution in [0.25, 0.3) is 0 Å². The lowest BCUT2D eigenvalue weighted by molar-refractivity contribution is -0.272. The minimum absolute atomic E-state index is 0.0161. The summed E-state index contributed by atoms with van der Waals surface area (Å²) in [6, 6.07) is -5.87. The fraction of sp³-hybridized carbons (Fsp3) is 0.867. The molecule has 17 N–H and O–H groups in total. The van der Waals surface area contributed by atoms with Crippen molar-refractivity contribution in [3.63, 3.8) is 0 Å². The molecule has 100 heavy (non-hydrogen) atoms. The van der Waals surface area contributed by atoms with E-state index in [2.05, 4.69) is 37.2 Å². The fourth-order valence-corrected chi connectivity index (χ4v) is 9.86. The fourth-order valence-electron chi connectivity index (χ4n) is 9.86. The number of amides is 7. The van der Waals surface area contributed by atoms with Gasteiger partial charge in [-0.05, 0) is 38.5 Å². The third-order valence-electron chi connectivity index (χ3n) is 15.0. The second-order valence-corrected chi connectivity index (χ2v) is 23.0. The van der Waals surface area contributed by atoms with Gasteiger partial charge in [-0.15, -0.1) is 0 Å². The summed E-state index contributed by atoms with van der Waals surface area (Å²) in [5.41, 5.74) is 0. The molecule has 0 aromatic rings. The summed E-state index contributed by atoms with van der Waals surface area (Å²) in [5, 5.41) is 118. The molecule has 3 aliphatic heterocycles. The molecule has 3 aliphatic rings. The number of hydrogen-bond acceptors (Lipinski definition) is 32. The quantitative estimate of drug-likeness (QED) is 0.0252. The Morgan fingerprint density at radius 1 is 0.360 bits per heavy atom. The van der Waals surface area contributed by atoms with Crippen LogP contribution < -0.4 is 37.2 Å². The number of ether oxygens (including phenoxy) is 15. The van der Waals surface area contributed by atoms with E-state index in [0.29, 0.717) is 12.8 Å². The van der Waals surface area contributed by atoms with Gasteiger partial charge in [0.15, 0.2) is 18.9 Å². The summed E-state index contributed by atoms with van der Waals surface area (Å²) < 4.78 is 82.2. The van der Waals surface area contributed by atoms with E-state index in [9.17, 15) is 89.4 Å². The Bertz CT molecular complexity index is 2310. The molecule has 3 heterocycles. The van der Waals surface area contributed by atoms with Crippen LogP contribution in [0.4, 0.5) is 0 Å². The number of aliphatic hydroxyl groups is 9. The molecule has 0 aliphatic carbocycles. The molecule has 7 amide bonds. The van der Waals surface area contributed by atoms with Gasteiger partial charge in [-0.1, -0.05) is 0 Å². The molecule has 40 heteroatoms. The zero-order chi connectivity index (χ0) is 73.6. The van der Waals surface area contributed by atoms with E-state index in [-0.39, 0.29) is 171 Å². The zero-order valence-electron chi connectivity index (χ0n) is 56.8. The maximum atomic E-state index is 13.6. The van der Waals surface area contributed by atoms with Crippen LogP contribution in [0, 0.1) is 0 Å². The predicted octanol–water partition coefficient (Wildman–Crippen LogP) is -9.36.